The van der Waals surface area contributed by atoms with Gasteiger partial charge in [0.15, 0.2) is 0 Å². The minimum Gasteiger partial charge on any atom is -0.488 e. The SMILES string of the molecule is COC(=O)c1ccccc1OCc1c(C)noc1C. The summed E-state index contributed by atoms with van der Waals surface area (Å²) in [5, 5.41) is 3.86. The van der Waals surface area contributed by atoms with Gasteiger partial charge in [0, 0.05) is 0 Å². The Morgan fingerprint density at radius 1 is 1.32 bits per heavy atom. The fourth-order valence-corrected chi connectivity index (χ4v) is 1.73. The highest BCUT2D eigenvalue weighted by Gasteiger charge is 2.14. The summed E-state index contributed by atoms with van der Waals surface area (Å²) in [5.41, 5.74) is 2.07. The molecule has 0 N–H and O–H groups in total. The second kappa shape index (κ2) is 5.56. The van der Waals surface area contributed by atoms with Crippen molar-refractivity contribution in [2.45, 2.75) is 20.5 Å². The number of ether oxygens (including phenoxy) is 2. The summed E-state index contributed by atoms with van der Waals surface area (Å²) < 4.78 is 15.4. The highest BCUT2D eigenvalue weighted by atomic mass is 16.5. The Morgan fingerprint density at radius 3 is 2.68 bits per heavy atom. The van der Waals surface area contributed by atoms with E-state index in [1.54, 1.807) is 24.3 Å². The third-order valence-corrected chi connectivity index (χ3v) is 2.85. The summed E-state index contributed by atoms with van der Waals surface area (Å²) in [7, 11) is 1.34. The Bertz CT molecular complexity index is 569. The number of carbonyl (C=O) groups is 1. The lowest BCUT2D eigenvalue weighted by atomic mass is 10.2. The van der Waals surface area contributed by atoms with Crippen LogP contribution >= 0.6 is 0 Å². The molecule has 0 unspecified atom stereocenters. The minimum atomic E-state index is -0.422. The van der Waals surface area contributed by atoms with E-state index in [1.807, 2.05) is 13.8 Å². The maximum atomic E-state index is 11.6. The third kappa shape index (κ3) is 2.76. The number of hydrogen-bond acceptors (Lipinski definition) is 5. The van der Waals surface area contributed by atoms with Crippen molar-refractivity contribution in [3.63, 3.8) is 0 Å². The van der Waals surface area contributed by atoms with Crippen molar-refractivity contribution in [3.05, 3.63) is 46.8 Å². The molecular weight excluding hydrogens is 246 g/mol. The molecule has 1 heterocycles. The highest BCUT2D eigenvalue weighted by Crippen LogP contribution is 2.21. The number of nitrogens with zero attached hydrogens (tertiary/aromatic N) is 1. The van der Waals surface area contributed by atoms with Gasteiger partial charge in [-0.05, 0) is 26.0 Å². The fraction of sp³-hybridized carbons (Fsp3) is 0.286. The van der Waals surface area contributed by atoms with E-state index in [0.717, 1.165) is 11.3 Å². The van der Waals surface area contributed by atoms with E-state index in [-0.39, 0.29) is 0 Å². The van der Waals surface area contributed by atoms with Crippen LogP contribution in [0.4, 0.5) is 0 Å². The third-order valence-electron chi connectivity index (χ3n) is 2.85. The molecule has 0 saturated heterocycles. The van der Waals surface area contributed by atoms with Gasteiger partial charge in [0.25, 0.3) is 0 Å². The van der Waals surface area contributed by atoms with Crippen LogP contribution < -0.4 is 4.74 Å². The molecule has 2 aromatic rings. The van der Waals surface area contributed by atoms with E-state index in [4.69, 9.17) is 14.0 Å². The summed E-state index contributed by atoms with van der Waals surface area (Å²) in [6.45, 7) is 3.97. The number of hydrogen-bond donors (Lipinski definition) is 0. The first-order valence-corrected chi connectivity index (χ1v) is 5.85. The normalized spacial score (nSPS) is 10.3. The van der Waals surface area contributed by atoms with Crippen LogP contribution in [0.5, 0.6) is 5.75 Å². The Labute approximate surface area is 111 Å². The summed E-state index contributed by atoms with van der Waals surface area (Å²) in [4.78, 5) is 11.6. The van der Waals surface area contributed by atoms with Crippen molar-refractivity contribution in [2.75, 3.05) is 7.11 Å². The lowest BCUT2D eigenvalue weighted by Gasteiger charge is -2.09. The average molecular weight is 261 g/mol. The van der Waals surface area contributed by atoms with Crippen LogP contribution in [0.15, 0.2) is 28.8 Å². The van der Waals surface area contributed by atoms with Crippen LogP contribution in [0, 0.1) is 13.8 Å². The summed E-state index contributed by atoms with van der Waals surface area (Å²) >= 11 is 0. The number of aromatic nitrogens is 1. The first-order chi connectivity index (χ1) is 9.13. The van der Waals surface area contributed by atoms with Crippen LogP contribution in [0.25, 0.3) is 0 Å². The van der Waals surface area contributed by atoms with Gasteiger partial charge in [-0.15, -0.1) is 0 Å². The number of methoxy groups -OCH3 is 1. The molecular formula is C14H15NO4. The van der Waals surface area contributed by atoms with Crippen LogP contribution in [0.3, 0.4) is 0 Å². The molecule has 0 bridgehead atoms. The Kier molecular flexibility index (Phi) is 3.85. The number of carbonyl (C=O) groups excluding carboxylic acids is 1. The molecule has 0 aliphatic heterocycles. The predicted molar refractivity (Wildman–Crippen MR) is 68.1 cm³/mol. The van der Waals surface area contributed by atoms with Crippen molar-refractivity contribution in [1.82, 2.24) is 5.16 Å². The molecule has 5 nitrogen and oxygen atoms in total. The molecule has 1 aromatic carbocycles. The quantitative estimate of drug-likeness (QED) is 0.792. The predicted octanol–water partition coefficient (Wildman–Crippen LogP) is 2.66. The van der Waals surface area contributed by atoms with Crippen molar-refractivity contribution in [1.29, 1.82) is 0 Å². The van der Waals surface area contributed by atoms with Gasteiger partial charge >= 0.3 is 5.97 Å². The number of benzene rings is 1. The van der Waals surface area contributed by atoms with Crippen molar-refractivity contribution in [2.24, 2.45) is 0 Å². The molecule has 0 atom stereocenters. The van der Waals surface area contributed by atoms with E-state index in [0.29, 0.717) is 23.7 Å². The lowest BCUT2D eigenvalue weighted by molar-refractivity contribution is 0.0595. The number of para-hydroxylation sites is 1. The molecule has 0 fully saturated rings. The molecule has 2 rings (SSSR count). The Balaban J connectivity index is 2.18. The number of aryl methyl sites for hydroxylation is 2. The molecule has 19 heavy (non-hydrogen) atoms. The number of esters is 1. The monoisotopic (exact) mass is 261 g/mol. The maximum Gasteiger partial charge on any atom is 0.341 e. The molecule has 0 amide bonds. The second-order valence-electron chi connectivity index (χ2n) is 4.08. The van der Waals surface area contributed by atoms with Crippen molar-refractivity contribution < 1.29 is 18.8 Å². The summed E-state index contributed by atoms with van der Waals surface area (Å²) in [5.74, 6) is 0.775. The zero-order valence-electron chi connectivity index (χ0n) is 11.1. The van der Waals surface area contributed by atoms with Crippen molar-refractivity contribution in [3.8, 4) is 5.75 Å². The molecule has 0 aliphatic carbocycles. The van der Waals surface area contributed by atoms with Crippen molar-refractivity contribution >= 4 is 5.97 Å². The van der Waals surface area contributed by atoms with E-state index < -0.39 is 5.97 Å². The fourth-order valence-electron chi connectivity index (χ4n) is 1.73. The molecule has 0 spiro atoms. The molecule has 1 aromatic heterocycles. The Hall–Kier alpha value is -2.30. The first kappa shape index (κ1) is 13.1. The van der Waals surface area contributed by atoms with Gasteiger partial charge < -0.3 is 14.0 Å². The molecule has 0 radical (unpaired) electrons. The zero-order chi connectivity index (χ0) is 13.8. The lowest BCUT2D eigenvalue weighted by Crippen LogP contribution is -2.06. The molecule has 100 valence electrons. The van der Waals surface area contributed by atoms with Gasteiger partial charge in [0.1, 0.15) is 23.7 Å². The van der Waals surface area contributed by atoms with Crippen LogP contribution in [-0.4, -0.2) is 18.2 Å². The minimum absolute atomic E-state index is 0.301. The maximum absolute atomic E-state index is 11.6. The topological polar surface area (TPSA) is 61.6 Å². The van der Waals surface area contributed by atoms with Crippen LogP contribution in [-0.2, 0) is 11.3 Å². The molecule has 0 saturated carbocycles. The van der Waals surface area contributed by atoms with Gasteiger partial charge in [-0.3, -0.25) is 0 Å². The van der Waals surface area contributed by atoms with Gasteiger partial charge in [-0.1, -0.05) is 17.3 Å². The van der Waals surface area contributed by atoms with Gasteiger partial charge in [0.2, 0.25) is 0 Å². The second-order valence-corrected chi connectivity index (χ2v) is 4.08. The highest BCUT2D eigenvalue weighted by molar-refractivity contribution is 5.92. The van der Waals surface area contributed by atoms with Gasteiger partial charge in [0.05, 0.1) is 18.4 Å². The zero-order valence-corrected chi connectivity index (χ0v) is 11.1. The summed E-state index contributed by atoms with van der Waals surface area (Å²) in [6, 6.07) is 6.95. The van der Waals surface area contributed by atoms with E-state index in [1.165, 1.54) is 7.11 Å². The van der Waals surface area contributed by atoms with E-state index >= 15 is 0 Å². The molecule has 5 heteroatoms. The number of rotatable bonds is 4. The standard InChI is InChI=1S/C14H15NO4/c1-9-12(10(2)19-15-9)8-18-13-7-5-4-6-11(13)14(16)17-3/h4-7H,8H2,1-3H3. The van der Waals surface area contributed by atoms with E-state index in [9.17, 15) is 4.79 Å². The Morgan fingerprint density at radius 2 is 2.05 bits per heavy atom. The van der Waals surface area contributed by atoms with Gasteiger partial charge in [-0.25, -0.2) is 4.79 Å². The van der Waals surface area contributed by atoms with E-state index in [2.05, 4.69) is 5.16 Å². The summed E-state index contributed by atoms with van der Waals surface area (Å²) in [6.07, 6.45) is 0. The van der Waals surface area contributed by atoms with Crippen LogP contribution in [0.1, 0.15) is 27.4 Å². The largest absolute Gasteiger partial charge is 0.488 e. The molecule has 0 aliphatic rings. The average Bonchev–Trinajstić information content (AvgIpc) is 2.75. The van der Waals surface area contributed by atoms with Crippen LogP contribution in [0.2, 0.25) is 0 Å². The first-order valence-electron chi connectivity index (χ1n) is 5.85. The smallest absolute Gasteiger partial charge is 0.341 e. The van der Waals surface area contributed by atoms with Gasteiger partial charge in [-0.2, -0.15) is 0 Å².